The number of ether oxygens (including phenoxy) is 2. The van der Waals surface area contributed by atoms with Gasteiger partial charge in [-0.1, -0.05) is 47.5 Å². The van der Waals surface area contributed by atoms with Crippen LogP contribution in [0.2, 0.25) is 10.0 Å². The molecule has 0 saturated heterocycles. The van der Waals surface area contributed by atoms with E-state index in [-0.39, 0.29) is 27.7 Å². The van der Waals surface area contributed by atoms with Gasteiger partial charge in [0.15, 0.2) is 0 Å². The minimum atomic E-state index is -1.38. The Morgan fingerprint density at radius 1 is 0.857 bits per heavy atom. The van der Waals surface area contributed by atoms with Crippen molar-refractivity contribution < 1.29 is 29.0 Å². The average molecular weight is 517 g/mol. The summed E-state index contributed by atoms with van der Waals surface area (Å²) in [6.45, 7) is 0. The summed E-state index contributed by atoms with van der Waals surface area (Å²) in [5.41, 5.74) is 1.41. The number of methoxy groups -OCH3 is 2. The maximum atomic E-state index is 12.8. The molecule has 1 unspecified atom stereocenters. The first-order valence-electron chi connectivity index (χ1n) is 10.3. The number of nitrogens with one attached hydrogen (secondary N) is 2. The van der Waals surface area contributed by atoms with Gasteiger partial charge in [0, 0.05) is 5.69 Å². The normalized spacial score (nSPS) is 11.3. The van der Waals surface area contributed by atoms with Crippen molar-refractivity contribution in [2.45, 2.75) is 6.42 Å². The van der Waals surface area contributed by atoms with E-state index in [9.17, 15) is 19.5 Å². The highest BCUT2D eigenvalue weighted by Crippen LogP contribution is 2.34. The summed E-state index contributed by atoms with van der Waals surface area (Å²) >= 11 is 12.1. The number of hydrogen-bond acceptors (Lipinski definition) is 5. The van der Waals surface area contributed by atoms with E-state index in [1.165, 1.54) is 14.2 Å². The van der Waals surface area contributed by atoms with E-state index in [0.29, 0.717) is 22.7 Å². The Balaban J connectivity index is 1.73. The van der Waals surface area contributed by atoms with Gasteiger partial charge in [0.05, 0.1) is 29.8 Å². The van der Waals surface area contributed by atoms with E-state index in [4.69, 9.17) is 32.7 Å². The molecule has 3 N–H and O–H groups in total. The van der Waals surface area contributed by atoms with E-state index in [0.717, 1.165) is 0 Å². The van der Waals surface area contributed by atoms with Crippen molar-refractivity contribution >= 4 is 52.4 Å². The van der Waals surface area contributed by atoms with Crippen LogP contribution >= 0.6 is 23.2 Å². The third-order valence-electron chi connectivity index (χ3n) is 5.13. The Kier molecular flexibility index (Phi) is 8.57. The third kappa shape index (κ3) is 6.23. The maximum absolute atomic E-state index is 12.8. The zero-order chi connectivity index (χ0) is 25.5. The van der Waals surface area contributed by atoms with Crippen LogP contribution in [0.15, 0.2) is 60.7 Å². The van der Waals surface area contributed by atoms with Crippen molar-refractivity contribution in [2.24, 2.45) is 5.92 Å². The van der Waals surface area contributed by atoms with Crippen LogP contribution in [-0.2, 0) is 16.0 Å². The minimum Gasteiger partial charge on any atom is -0.494 e. The molecule has 8 nitrogen and oxygen atoms in total. The molecule has 182 valence electrons. The molecule has 3 aromatic carbocycles. The van der Waals surface area contributed by atoms with Crippen molar-refractivity contribution in [2.75, 3.05) is 24.9 Å². The Hall–Kier alpha value is -3.75. The Morgan fingerprint density at radius 2 is 1.40 bits per heavy atom. The minimum absolute atomic E-state index is 0.0802. The lowest BCUT2D eigenvalue weighted by atomic mass is 9.98. The van der Waals surface area contributed by atoms with E-state index < -0.39 is 23.7 Å². The molecule has 1 atom stereocenters. The number of halogens is 2. The van der Waals surface area contributed by atoms with Crippen LogP contribution in [0.25, 0.3) is 0 Å². The molecule has 3 aromatic rings. The predicted octanol–water partition coefficient (Wildman–Crippen LogP) is 5.14. The number of carboxylic acid groups (broad SMARTS) is 1. The number of benzene rings is 3. The Bertz CT molecular complexity index is 1200. The van der Waals surface area contributed by atoms with Gasteiger partial charge < -0.3 is 25.2 Å². The fraction of sp³-hybridized carbons (Fsp3) is 0.160. The van der Waals surface area contributed by atoms with Gasteiger partial charge in [-0.25, -0.2) is 0 Å². The lowest BCUT2D eigenvalue weighted by Gasteiger charge is -2.17. The van der Waals surface area contributed by atoms with Crippen LogP contribution in [-0.4, -0.2) is 37.1 Å². The molecule has 35 heavy (non-hydrogen) atoms. The highest BCUT2D eigenvalue weighted by molar-refractivity contribution is 6.40. The summed E-state index contributed by atoms with van der Waals surface area (Å²) in [4.78, 5) is 37.3. The molecular formula is C25H22Cl2N2O6. The molecule has 0 aliphatic carbocycles. The van der Waals surface area contributed by atoms with Gasteiger partial charge in [0.2, 0.25) is 5.91 Å². The van der Waals surface area contributed by atoms with Crippen LogP contribution in [0.4, 0.5) is 11.4 Å². The van der Waals surface area contributed by atoms with E-state index in [1.54, 1.807) is 60.7 Å². The average Bonchev–Trinajstić information content (AvgIpc) is 2.83. The molecule has 0 aliphatic heterocycles. The lowest BCUT2D eigenvalue weighted by Crippen LogP contribution is -2.31. The second kappa shape index (κ2) is 11.6. The molecule has 0 aliphatic rings. The lowest BCUT2D eigenvalue weighted by molar-refractivity contribution is -0.145. The van der Waals surface area contributed by atoms with Gasteiger partial charge in [-0.15, -0.1) is 0 Å². The topological polar surface area (TPSA) is 114 Å². The molecule has 0 spiro atoms. The number of para-hydroxylation sites is 1. The van der Waals surface area contributed by atoms with Crippen LogP contribution in [0.5, 0.6) is 11.5 Å². The van der Waals surface area contributed by atoms with E-state index in [1.807, 2.05) is 0 Å². The van der Waals surface area contributed by atoms with Gasteiger partial charge in [0.1, 0.15) is 23.1 Å². The first kappa shape index (κ1) is 25.9. The van der Waals surface area contributed by atoms with Crippen molar-refractivity contribution in [3.8, 4) is 11.5 Å². The molecule has 0 saturated carbocycles. The number of carbonyl (C=O) groups excluding carboxylic acids is 2. The molecule has 2 amide bonds. The van der Waals surface area contributed by atoms with Crippen LogP contribution in [0.3, 0.4) is 0 Å². The highest BCUT2D eigenvalue weighted by atomic mass is 35.5. The molecule has 0 aromatic heterocycles. The summed E-state index contributed by atoms with van der Waals surface area (Å²) in [7, 11) is 2.86. The molecule has 3 rings (SSSR count). The summed E-state index contributed by atoms with van der Waals surface area (Å²) < 4.78 is 10.5. The van der Waals surface area contributed by atoms with Crippen LogP contribution < -0.4 is 20.1 Å². The van der Waals surface area contributed by atoms with Crippen molar-refractivity contribution in [1.82, 2.24) is 0 Å². The third-order valence-corrected chi connectivity index (χ3v) is 5.76. The second-order valence-corrected chi connectivity index (χ2v) is 8.18. The fourth-order valence-corrected chi connectivity index (χ4v) is 3.91. The molecule has 0 fully saturated rings. The van der Waals surface area contributed by atoms with Gasteiger partial charge in [-0.2, -0.15) is 0 Å². The van der Waals surface area contributed by atoms with Crippen LogP contribution in [0.1, 0.15) is 15.9 Å². The molecule has 10 heteroatoms. The number of carbonyl (C=O) groups is 3. The Morgan fingerprint density at radius 3 is 1.91 bits per heavy atom. The fourth-order valence-electron chi connectivity index (χ4n) is 3.35. The number of rotatable bonds is 9. The number of carboxylic acids is 1. The zero-order valence-corrected chi connectivity index (χ0v) is 20.3. The van der Waals surface area contributed by atoms with Gasteiger partial charge in [-0.05, 0) is 48.4 Å². The first-order chi connectivity index (χ1) is 16.7. The van der Waals surface area contributed by atoms with Gasteiger partial charge in [-0.3, -0.25) is 14.4 Å². The quantitative estimate of drug-likeness (QED) is 0.339. The number of amides is 2. The number of aliphatic carboxylic acids is 1. The monoisotopic (exact) mass is 516 g/mol. The van der Waals surface area contributed by atoms with Crippen LogP contribution in [0, 0.1) is 5.92 Å². The largest absolute Gasteiger partial charge is 0.494 e. The second-order valence-electron chi connectivity index (χ2n) is 7.37. The zero-order valence-electron chi connectivity index (χ0n) is 18.8. The molecule has 0 bridgehead atoms. The van der Waals surface area contributed by atoms with Crippen molar-refractivity contribution in [3.63, 3.8) is 0 Å². The first-order valence-corrected chi connectivity index (χ1v) is 11.1. The van der Waals surface area contributed by atoms with E-state index >= 15 is 0 Å². The smallest absolute Gasteiger partial charge is 0.316 e. The molecule has 0 radical (unpaired) electrons. The number of anilines is 2. The van der Waals surface area contributed by atoms with Crippen molar-refractivity contribution in [3.05, 3.63) is 81.8 Å². The summed E-state index contributed by atoms with van der Waals surface area (Å²) in [5, 5.41) is 15.4. The van der Waals surface area contributed by atoms with Crippen molar-refractivity contribution in [1.29, 1.82) is 0 Å². The van der Waals surface area contributed by atoms with Gasteiger partial charge >= 0.3 is 5.97 Å². The Labute approximate surface area is 211 Å². The molecular weight excluding hydrogens is 495 g/mol. The standard InChI is InChI=1S/C25H22Cl2N2O6/c1-34-19-7-4-8-20(35-2)22(19)29-23(30)16(25(32)33)13-14-9-11-15(12-10-14)28-24(31)21-17(26)5-3-6-18(21)27/h3-12,16H,13H2,1-2H3,(H,28,31)(H,29,30)(H,32,33). The highest BCUT2D eigenvalue weighted by Gasteiger charge is 2.28. The summed E-state index contributed by atoms with van der Waals surface area (Å²) in [5.74, 6) is -3.22. The summed E-state index contributed by atoms with van der Waals surface area (Å²) in [6, 6.07) is 16.1. The SMILES string of the molecule is COc1cccc(OC)c1NC(=O)C(Cc1ccc(NC(=O)c2c(Cl)cccc2Cl)cc1)C(=O)O. The molecule has 0 heterocycles. The van der Waals surface area contributed by atoms with E-state index in [2.05, 4.69) is 10.6 Å². The predicted molar refractivity (Wildman–Crippen MR) is 134 cm³/mol. The number of hydrogen-bond donors (Lipinski definition) is 3. The summed E-state index contributed by atoms with van der Waals surface area (Å²) in [6.07, 6.45) is -0.0802. The van der Waals surface area contributed by atoms with Gasteiger partial charge in [0.25, 0.3) is 5.91 Å². The maximum Gasteiger partial charge on any atom is 0.316 e.